The van der Waals surface area contributed by atoms with Gasteiger partial charge in [0.1, 0.15) is 5.69 Å². The second-order valence-electron chi connectivity index (χ2n) is 4.49. The first kappa shape index (κ1) is 13.8. The highest BCUT2D eigenvalue weighted by molar-refractivity contribution is 5.92. The molecule has 4 nitrogen and oxygen atoms in total. The van der Waals surface area contributed by atoms with Crippen LogP contribution in [0, 0.1) is 0 Å². The van der Waals surface area contributed by atoms with E-state index in [1.54, 1.807) is 7.05 Å². The van der Waals surface area contributed by atoms with Crippen molar-refractivity contribution in [3.63, 3.8) is 0 Å². The summed E-state index contributed by atoms with van der Waals surface area (Å²) in [7, 11) is 1.64. The van der Waals surface area contributed by atoms with Crippen LogP contribution in [-0.4, -0.2) is 42.0 Å². The minimum Gasteiger partial charge on any atom is -0.336 e. The van der Waals surface area contributed by atoms with Crippen molar-refractivity contribution >= 4 is 5.91 Å². The van der Waals surface area contributed by atoms with Gasteiger partial charge in [-0.1, -0.05) is 0 Å². The molecule has 19 heavy (non-hydrogen) atoms. The smallest absolute Gasteiger partial charge is 0.336 e. The first-order chi connectivity index (χ1) is 8.89. The van der Waals surface area contributed by atoms with Crippen LogP contribution >= 0.6 is 0 Å². The normalized spacial score (nSPS) is 19.5. The molecule has 1 aliphatic heterocycles. The quantitative estimate of drug-likeness (QED) is 0.889. The molecule has 0 spiro atoms. The minimum absolute atomic E-state index is 0.0300. The monoisotopic (exact) mass is 273 g/mol. The predicted octanol–water partition coefficient (Wildman–Crippen LogP) is 1.53. The molecule has 2 rings (SSSR count). The Kier molecular flexibility index (Phi) is 3.75. The lowest BCUT2D eigenvalue weighted by atomic mass is 10.2. The third-order valence-corrected chi connectivity index (χ3v) is 3.21. The fraction of sp³-hybridized carbons (Fsp3) is 0.500. The number of pyridine rings is 1. The Morgan fingerprint density at radius 2 is 2.21 bits per heavy atom. The third-order valence-electron chi connectivity index (χ3n) is 3.21. The minimum atomic E-state index is -4.43. The molecule has 0 aromatic carbocycles. The highest BCUT2D eigenvalue weighted by Crippen LogP contribution is 2.28. The molecule has 1 atom stereocenters. The average molecular weight is 273 g/mol. The zero-order valence-corrected chi connectivity index (χ0v) is 10.4. The van der Waals surface area contributed by atoms with Gasteiger partial charge in [-0.3, -0.25) is 9.78 Å². The Morgan fingerprint density at radius 1 is 1.47 bits per heavy atom. The molecular weight excluding hydrogens is 259 g/mol. The standard InChI is InChI=1S/C12H14F3N3O/c1-18(9-4-5-16-7-9)11(19)10-3-2-8(6-17-10)12(13,14)15/h2-3,6,9,16H,4-5,7H2,1H3. The Morgan fingerprint density at radius 3 is 2.68 bits per heavy atom. The van der Waals surface area contributed by atoms with Crippen LogP contribution in [-0.2, 0) is 6.18 Å². The Labute approximate surface area is 108 Å². The van der Waals surface area contributed by atoms with Gasteiger partial charge in [-0.25, -0.2) is 0 Å². The summed E-state index contributed by atoms with van der Waals surface area (Å²) in [4.78, 5) is 17.2. The van der Waals surface area contributed by atoms with Gasteiger partial charge in [0.25, 0.3) is 5.91 Å². The average Bonchev–Trinajstić information content (AvgIpc) is 2.90. The highest BCUT2D eigenvalue weighted by atomic mass is 19.4. The lowest BCUT2D eigenvalue weighted by Crippen LogP contribution is -2.38. The van der Waals surface area contributed by atoms with E-state index in [1.165, 1.54) is 4.90 Å². The number of hydrogen-bond acceptors (Lipinski definition) is 3. The maximum Gasteiger partial charge on any atom is 0.417 e. The van der Waals surface area contributed by atoms with Gasteiger partial charge < -0.3 is 10.2 Å². The van der Waals surface area contributed by atoms with Gasteiger partial charge >= 0.3 is 6.18 Å². The summed E-state index contributed by atoms with van der Waals surface area (Å²) in [5.74, 6) is -0.359. The number of nitrogens with zero attached hydrogens (tertiary/aromatic N) is 2. The van der Waals surface area contributed by atoms with Gasteiger partial charge in [0.15, 0.2) is 0 Å². The van der Waals surface area contributed by atoms with E-state index in [0.717, 1.165) is 25.1 Å². The van der Waals surface area contributed by atoms with Crippen molar-refractivity contribution in [2.24, 2.45) is 0 Å². The van der Waals surface area contributed by atoms with Crippen LogP contribution in [0.2, 0.25) is 0 Å². The van der Waals surface area contributed by atoms with Gasteiger partial charge in [0, 0.05) is 25.8 Å². The molecule has 2 heterocycles. The molecule has 1 unspecified atom stereocenters. The predicted molar refractivity (Wildman–Crippen MR) is 62.6 cm³/mol. The molecule has 1 aliphatic rings. The second kappa shape index (κ2) is 5.16. The lowest BCUT2D eigenvalue weighted by molar-refractivity contribution is -0.137. The van der Waals surface area contributed by atoms with Crippen molar-refractivity contribution in [1.29, 1.82) is 0 Å². The topological polar surface area (TPSA) is 45.2 Å². The zero-order valence-electron chi connectivity index (χ0n) is 10.4. The number of nitrogens with one attached hydrogen (secondary N) is 1. The summed E-state index contributed by atoms with van der Waals surface area (Å²) < 4.78 is 37.1. The van der Waals surface area contributed by atoms with Crippen molar-refractivity contribution < 1.29 is 18.0 Å². The maximum absolute atomic E-state index is 12.4. The van der Waals surface area contributed by atoms with Gasteiger partial charge in [0.2, 0.25) is 0 Å². The molecule has 0 saturated carbocycles. The number of hydrogen-bond donors (Lipinski definition) is 1. The molecule has 104 valence electrons. The van der Waals surface area contributed by atoms with Crippen LogP contribution in [0.15, 0.2) is 18.3 Å². The summed E-state index contributed by atoms with van der Waals surface area (Å²) in [5.41, 5.74) is -0.823. The fourth-order valence-corrected chi connectivity index (χ4v) is 2.00. The van der Waals surface area contributed by atoms with Crippen LogP contribution in [0.1, 0.15) is 22.5 Å². The Balaban J connectivity index is 2.11. The first-order valence-electron chi connectivity index (χ1n) is 5.90. The molecule has 0 aliphatic carbocycles. The fourth-order valence-electron chi connectivity index (χ4n) is 2.00. The van der Waals surface area contributed by atoms with Gasteiger partial charge in [-0.05, 0) is 25.1 Å². The molecule has 1 fully saturated rings. The summed E-state index contributed by atoms with van der Waals surface area (Å²) >= 11 is 0. The van der Waals surface area contributed by atoms with Crippen LogP contribution in [0.5, 0.6) is 0 Å². The van der Waals surface area contributed by atoms with E-state index >= 15 is 0 Å². The molecule has 1 aromatic heterocycles. The van der Waals surface area contributed by atoms with Gasteiger partial charge in [0.05, 0.1) is 5.56 Å². The van der Waals surface area contributed by atoms with Crippen molar-refractivity contribution in [3.05, 3.63) is 29.6 Å². The Hall–Kier alpha value is -1.63. The van der Waals surface area contributed by atoms with Crippen molar-refractivity contribution in [2.75, 3.05) is 20.1 Å². The van der Waals surface area contributed by atoms with Crippen LogP contribution in [0.25, 0.3) is 0 Å². The summed E-state index contributed by atoms with van der Waals surface area (Å²) in [6.07, 6.45) is -2.91. The van der Waals surface area contributed by atoms with Gasteiger partial charge in [-0.2, -0.15) is 13.2 Å². The second-order valence-corrected chi connectivity index (χ2v) is 4.49. The van der Waals surface area contributed by atoms with Crippen LogP contribution < -0.4 is 5.32 Å². The maximum atomic E-state index is 12.4. The van der Waals surface area contributed by atoms with E-state index in [9.17, 15) is 18.0 Å². The number of alkyl halides is 3. The number of carbonyl (C=O) groups is 1. The molecular formula is C12H14F3N3O. The number of likely N-dealkylation sites (N-methyl/N-ethyl adjacent to an activating group) is 1. The Bertz CT molecular complexity index is 452. The molecule has 1 amide bonds. The van der Waals surface area contributed by atoms with E-state index in [-0.39, 0.29) is 17.6 Å². The number of amides is 1. The van der Waals surface area contributed by atoms with E-state index in [4.69, 9.17) is 0 Å². The summed E-state index contributed by atoms with van der Waals surface area (Å²) in [5, 5.41) is 3.13. The van der Waals surface area contributed by atoms with E-state index in [0.29, 0.717) is 12.7 Å². The van der Waals surface area contributed by atoms with Crippen molar-refractivity contribution in [3.8, 4) is 0 Å². The molecule has 0 bridgehead atoms. The molecule has 7 heteroatoms. The van der Waals surface area contributed by atoms with E-state index in [1.807, 2.05) is 0 Å². The SMILES string of the molecule is CN(C(=O)c1ccc(C(F)(F)F)cn1)C1CCNC1. The van der Waals surface area contributed by atoms with E-state index in [2.05, 4.69) is 10.3 Å². The van der Waals surface area contributed by atoms with Crippen molar-refractivity contribution in [1.82, 2.24) is 15.2 Å². The number of aromatic nitrogens is 1. The molecule has 1 aromatic rings. The first-order valence-corrected chi connectivity index (χ1v) is 5.90. The molecule has 0 radical (unpaired) electrons. The lowest BCUT2D eigenvalue weighted by Gasteiger charge is -2.23. The molecule has 1 N–H and O–H groups in total. The molecule has 1 saturated heterocycles. The number of carbonyl (C=O) groups excluding carboxylic acids is 1. The van der Waals surface area contributed by atoms with Crippen molar-refractivity contribution in [2.45, 2.75) is 18.6 Å². The number of halogens is 3. The summed E-state index contributed by atoms with van der Waals surface area (Å²) in [6, 6.07) is 2.06. The van der Waals surface area contributed by atoms with Gasteiger partial charge in [-0.15, -0.1) is 0 Å². The number of rotatable bonds is 2. The zero-order chi connectivity index (χ0) is 14.0. The third kappa shape index (κ3) is 3.04. The summed E-state index contributed by atoms with van der Waals surface area (Å²) in [6.45, 7) is 1.53. The van der Waals surface area contributed by atoms with E-state index < -0.39 is 11.7 Å². The highest BCUT2D eigenvalue weighted by Gasteiger charge is 2.31. The van der Waals surface area contributed by atoms with Crippen LogP contribution in [0.4, 0.5) is 13.2 Å². The van der Waals surface area contributed by atoms with Crippen LogP contribution in [0.3, 0.4) is 0 Å². The largest absolute Gasteiger partial charge is 0.417 e.